The van der Waals surface area contributed by atoms with Crippen LogP contribution in [-0.4, -0.2) is 50.0 Å². The zero-order valence-corrected chi connectivity index (χ0v) is 18.9. The molecule has 0 aromatic heterocycles. The Morgan fingerprint density at radius 3 is 2.31 bits per heavy atom. The number of amides is 2. The van der Waals surface area contributed by atoms with Crippen molar-refractivity contribution in [1.82, 2.24) is 10.2 Å². The fraction of sp³-hybridized carbons (Fsp3) is 0.462. The third-order valence-corrected chi connectivity index (χ3v) is 6.64. The summed E-state index contributed by atoms with van der Waals surface area (Å²) in [5.41, 5.74) is 2.78. The standard InChI is InChI=1S/C26H33N3O3/c1-32-24-10-6-5-9-23(24)28-15-17-29(18-16-28)26(31)22-13-11-20(12-14-22)19-27-25(30)21-7-3-2-4-8-21/h5-6,9-14,21H,2-4,7-8,15-19H2,1H3,(H,27,30). The average molecular weight is 436 g/mol. The summed E-state index contributed by atoms with van der Waals surface area (Å²) in [4.78, 5) is 29.5. The van der Waals surface area contributed by atoms with Crippen LogP contribution in [0, 0.1) is 5.92 Å². The summed E-state index contributed by atoms with van der Waals surface area (Å²) >= 11 is 0. The van der Waals surface area contributed by atoms with Gasteiger partial charge in [-0.3, -0.25) is 9.59 Å². The number of para-hydroxylation sites is 2. The van der Waals surface area contributed by atoms with E-state index in [1.54, 1.807) is 7.11 Å². The predicted molar refractivity (Wildman–Crippen MR) is 126 cm³/mol. The summed E-state index contributed by atoms with van der Waals surface area (Å²) in [6.45, 7) is 3.42. The van der Waals surface area contributed by atoms with E-state index in [1.165, 1.54) is 6.42 Å². The molecule has 1 aliphatic heterocycles. The van der Waals surface area contributed by atoms with Gasteiger partial charge in [-0.05, 0) is 42.7 Å². The van der Waals surface area contributed by atoms with Crippen LogP contribution in [0.15, 0.2) is 48.5 Å². The van der Waals surface area contributed by atoms with Gasteiger partial charge in [0.15, 0.2) is 0 Å². The molecule has 2 aromatic rings. The van der Waals surface area contributed by atoms with Gasteiger partial charge in [0, 0.05) is 44.2 Å². The van der Waals surface area contributed by atoms with Crippen LogP contribution in [0.5, 0.6) is 5.75 Å². The monoisotopic (exact) mass is 435 g/mol. The van der Waals surface area contributed by atoms with Gasteiger partial charge in [0.25, 0.3) is 5.91 Å². The van der Waals surface area contributed by atoms with Crippen LogP contribution in [0.25, 0.3) is 0 Å². The highest BCUT2D eigenvalue weighted by Crippen LogP contribution is 2.28. The molecule has 1 N–H and O–H groups in total. The number of anilines is 1. The Bertz CT molecular complexity index is 914. The van der Waals surface area contributed by atoms with E-state index in [0.717, 1.165) is 55.8 Å². The van der Waals surface area contributed by atoms with Crippen molar-refractivity contribution < 1.29 is 14.3 Å². The van der Waals surface area contributed by atoms with Gasteiger partial charge in [-0.15, -0.1) is 0 Å². The van der Waals surface area contributed by atoms with Gasteiger partial charge in [-0.25, -0.2) is 0 Å². The Balaban J connectivity index is 1.28. The minimum atomic E-state index is 0.0578. The van der Waals surface area contributed by atoms with Crippen molar-refractivity contribution in [1.29, 1.82) is 0 Å². The summed E-state index contributed by atoms with van der Waals surface area (Å²) in [5, 5.41) is 3.06. The van der Waals surface area contributed by atoms with Crippen LogP contribution < -0.4 is 15.0 Å². The summed E-state index contributed by atoms with van der Waals surface area (Å²) < 4.78 is 5.47. The van der Waals surface area contributed by atoms with E-state index in [1.807, 2.05) is 47.4 Å². The summed E-state index contributed by atoms with van der Waals surface area (Å²) in [5.74, 6) is 1.25. The molecule has 1 aliphatic carbocycles. The Hall–Kier alpha value is -3.02. The molecule has 6 heteroatoms. The largest absolute Gasteiger partial charge is 0.495 e. The molecular weight excluding hydrogens is 402 g/mol. The van der Waals surface area contributed by atoms with Crippen molar-refractivity contribution in [3.05, 3.63) is 59.7 Å². The van der Waals surface area contributed by atoms with Crippen LogP contribution in [0.4, 0.5) is 5.69 Å². The second kappa shape index (κ2) is 10.5. The number of carbonyl (C=O) groups is 2. The first-order chi connectivity index (χ1) is 15.7. The quantitative estimate of drug-likeness (QED) is 0.749. The lowest BCUT2D eigenvalue weighted by atomic mass is 9.88. The number of hydrogen-bond acceptors (Lipinski definition) is 4. The van der Waals surface area contributed by atoms with Crippen molar-refractivity contribution in [2.45, 2.75) is 38.6 Å². The maximum absolute atomic E-state index is 13.0. The second-order valence-corrected chi connectivity index (χ2v) is 8.70. The second-order valence-electron chi connectivity index (χ2n) is 8.70. The molecule has 2 aromatic carbocycles. The van der Waals surface area contributed by atoms with Gasteiger partial charge >= 0.3 is 0 Å². The van der Waals surface area contributed by atoms with E-state index in [9.17, 15) is 9.59 Å². The maximum atomic E-state index is 13.0. The predicted octanol–water partition coefficient (Wildman–Crippen LogP) is 3.85. The van der Waals surface area contributed by atoms with Crippen LogP contribution in [-0.2, 0) is 11.3 Å². The van der Waals surface area contributed by atoms with E-state index >= 15 is 0 Å². The molecule has 0 bridgehead atoms. The summed E-state index contributed by atoms with van der Waals surface area (Å²) in [6, 6.07) is 15.6. The smallest absolute Gasteiger partial charge is 0.253 e. The number of hydrogen-bond donors (Lipinski definition) is 1. The summed E-state index contributed by atoms with van der Waals surface area (Å²) in [6.07, 6.45) is 5.56. The molecule has 170 valence electrons. The van der Waals surface area contributed by atoms with Gasteiger partial charge in [-0.1, -0.05) is 43.5 Å². The van der Waals surface area contributed by atoms with E-state index < -0.39 is 0 Å². The van der Waals surface area contributed by atoms with Gasteiger partial charge < -0.3 is 19.9 Å². The Labute approximate surface area is 190 Å². The molecule has 4 rings (SSSR count). The molecule has 2 aliphatic rings. The fourth-order valence-electron chi connectivity index (χ4n) is 4.69. The van der Waals surface area contributed by atoms with Crippen LogP contribution in [0.2, 0.25) is 0 Å². The molecular formula is C26H33N3O3. The molecule has 6 nitrogen and oxygen atoms in total. The van der Waals surface area contributed by atoms with Gasteiger partial charge in [-0.2, -0.15) is 0 Å². The number of nitrogens with zero attached hydrogens (tertiary/aromatic N) is 2. The molecule has 0 radical (unpaired) electrons. The number of nitrogens with one attached hydrogen (secondary N) is 1. The molecule has 0 atom stereocenters. The highest BCUT2D eigenvalue weighted by molar-refractivity contribution is 5.94. The minimum absolute atomic E-state index is 0.0578. The van der Waals surface area contributed by atoms with E-state index in [4.69, 9.17) is 4.74 Å². The van der Waals surface area contributed by atoms with Gasteiger partial charge in [0.05, 0.1) is 12.8 Å². The number of benzene rings is 2. The van der Waals surface area contributed by atoms with Crippen LogP contribution in [0.1, 0.15) is 48.0 Å². The van der Waals surface area contributed by atoms with Gasteiger partial charge in [0.1, 0.15) is 5.75 Å². The third-order valence-electron chi connectivity index (χ3n) is 6.64. The first kappa shape index (κ1) is 22.2. The number of rotatable bonds is 6. The molecule has 2 amide bonds. The SMILES string of the molecule is COc1ccccc1N1CCN(C(=O)c2ccc(CNC(=O)C3CCCCC3)cc2)CC1. The Kier molecular flexibility index (Phi) is 7.30. The zero-order chi connectivity index (χ0) is 22.3. The van der Waals surface area contributed by atoms with Crippen molar-refractivity contribution in [3.63, 3.8) is 0 Å². The number of methoxy groups -OCH3 is 1. The fourth-order valence-corrected chi connectivity index (χ4v) is 4.69. The van der Waals surface area contributed by atoms with E-state index in [-0.39, 0.29) is 17.7 Å². The molecule has 32 heavy (non-hydrogen) atoms. The average Bonchev–Trinajstić information content (AvgIpc) is 2.87. The topological polar surface area (TPSA) is 61.9 Å². The number of piperazine rings is 1. The Morgan fingerprint density at radius 2 is 1.62 bits per heavy atom. The highest BCUT2D eigenvalue weighted by Gasteiger charge is 2.24. The molecule has 0 unspecified atom stereocenters. The lowest BCUT2D eigenvalue weighted by molar-refractivity contribution is -0.126. The van der Waals surface area contributed by atoms with E-state index in [2.05, 4.69) is 16.3 Å². The van der Waals surface area contributed by atoms with Crippen LogP contribution in [0.3, 0.4) is 0 Å². The maximum Gasteiger partial charge on any atom is 0.253 e. The van der Waals surface area contributed by atoms with Crippen molar-refractivity contribution >= 4 is 17.5 Å². The molecule has 1 heterocycles. The highest BCUT2D eigenvalue weighted by atomic mass is 16.5. The Morgan fingerprint density at radius 1 is 0.938 bits per heavy atom. The minimum Gasteiger partial charge on any atom is -0.495 e. The van der Waals surface area contributed by atoms with Crippen LogP contribution >= 0.6 is 0 Å². The number of ether oxygens (including phenoxy) is 1. The zero-order valence-electron chi connectivity index (χ0n) is 18.9. The normalized spacial score (nSPS) is 17.2. The third kappa shape index (κ3) is 5.23. The van der Waals surface area contributed by atoms with E-state index in [0.29, 0.717) is 25.2 Å². The molecule has 2 fully saturated rings. The van der Waals surface area contributed by atoms with Crippen molar-refractivity contribution in [2.75, 3.05) is 38.2 Å². The number of carbonyl (C=O) groups excluding carboxylic acids is 2. The lowest BCUT2D eigenvalue weighted by Gasteiger charge is -2.36. The summed E-state index contributed by atoms with van der Waals surface area (Å²) in [7, 11) is 1.68. The van der Waals surface area contributed by atoms with Crippen molar-refractivity contribution in [2.24, 2.45) is 5.92 Å². The first-order valence-corrected chi connectivity index (χ1v) is 11.7. The molecule has 0 spiro atoms. The van der Waals surface area contributed by atoms with Gasteiger partial charge in [0.2, 0.25) is 5.91 Å². The lowest BCUT2D eigenvalue weighted by Crippen LogP contribution is -2.48. The first-order valence-electron chi connectivity index (χ1n) is 11.7. The molecule has 1 saturated heterocycles. The van der Waals surface area contributed by atoms with Crippen molar-refractivity contribution in [3.8, 4) is 5.75 Å². The molecule has 1 saturated carbocycles.